The van der Waals surface area contributed by atoms with Crippen LogP contribution >= 0.6 is 0 Å². The third-order valence-electron chi connectivity index (χ3n) is 3.13. The second kappa shape index (κ2) is 11.4. The molecule has 0 aliphatic heterocycles. The van der Waals surface area contributed by atoms with Crippen LogP contribution < -0.4 is 0 Å². The van der Waals surface area contributed by atoms with Crippen LogP contribution in [0.25, 0.3) is 0 Å². The van der Waals surface area contributed by atoms with Gasteiger partial charge in [0.1, 0.15) is 0 Å². The fourth-order valence-corrected chi connectivity index (χ4v) is 5.66. The van der Waals surface area contributed by atoms with Crippen molar-refractivity contribution in [2.24, 2.45) is 4.99 Å². The Morgan fingerprint density at radius 3 is 1.75 bits per heavy atom. The van der Waals surface area contributed by atoms with Crippen LogP contribution in [0.1, 0.15) is 60.8 Å². The quantitative estimate of drug-likeness (QED) is 0.403. The Bertz CT molecular complexity index is 255. The van der Waals surface area contributed by atoms with Gasteiger partial charge in [-0.3, -0.25) is 4.99 Å². The first-order chi connectivity index (χ1) is 9.61. The molecule has 0 amide bonds. The molecule has 0 N–H and O–H groups in total. The summed E-state index contributed by atoms with van der Waals surface area (Å²) in [5.74, 6) is 0. The van der Waals surface area contributed by atoms with Gasteiger partial charge in [0.05, 0.1) is 5.54 Å². The molecule has 0 aromatic rings. The Hall–Kier alpha value is -0.233. The molecule has 5 heteroatoms. The first-order valence-electron chi connectivity index (χ1n) is 8.04. The van der Waals surface area contributed by atoms with Crippen LogP contribution in [0.15, 0.2) is 4.99 Å². The van der Waals surface area contributed by atoms with E-state index in [0.29, 0.717) is 19.8 Å². The van der Waals surface area contributed by atoms with Gasteiger partial charge in [0.25, 0.3) is 0 Å². The molecule has 20 heavy (non-hydrogen) atoms. The van der Waals surface area contributed by atoms with Gasteiger partial charge in [-0.25, -0.2) is 0 Å². The molecule has 4 nitrogen and oxygen atoms in total. The zero-order valence-electron chi connectivity index (χ0n) is 14.2. The smallest absolute Gasteiger partial charge is 0.373 e. The standard InChI is InChI=1S/C15H33NO3Si/c1-7-12-15(14(6)16-13-8-2)20(17-9-3,18-10-4)19-11-5/h15H,7-13H2,1-6H3. The van der Waals surface area contributed by atoms with Crippen molar-refractivity contribution >= 4 is 14.5 Å². The van der Waals surface area contributed by atoms with E-state index in [1.54, 1.807) is 0 Å². The van der Waals surface area contributed by atoms with E-state index < -0.39 is 8.80 Å². The third-order valence-corrected chi connectivity index (χ3v) is 6.76. The lowest BCUT2D eigenvalue weighted by atomic mass is 10.2. The molecule has 0 fully saturated rings. The Morgan fingerprint density at radius 1 is 0.900 bits per heavy atom. The Balaban J connectivity index is 5.35. The van der Waals surface area contributed by atoms with Crippen molar-refractivity contribution in [3.05, 3.63) is 0 Å². The highest BCUT2D eigenvalue weighted by Gasteiger charge is 2.50. The van der Waals surface area contributed by atoms with E-state index in [2.05, 4.69) is 25.8 Å². The van der Waals surface area contributed by atoms with Gasteiger partial charge in [-0.2, -0.15) is 0 Å². The average molecular weight is 304 g/mol. The lowest BCUT2D eigenvalue weighted by Gasteiger charge is -2.35. The minimum Gasteiger partial charge on any atom is -0.373 e. The molecule has 0 spiro atoms. The minimum atomic E-state index is -2.69. The van der Waals surface area contributed by atoms with Crippen molar-refractivity contribution in [3.8, 4) is 0 Å². The SMILES string of the molecule is CCCN=C(C)C(CCC)[Si](OCC)(OCC)OCC. The molecule has 1 unspecified atom stereocenters. The maximum Gasteiger partial charge on any atom is 0.510 e. The molecule has 0 saturated carbocycles. The lowest BCUT2D eigenvalue weighted by molar-refractivity contribution is 0.0660. The van der Waals surface area contributed by atoms with Crippen molar-refractivity contribution in [1.29, 1.82) is 0 Å². The average Bonchev–Trinajstić information content (AvgIpc) is 2.42. The maximum atomic E-state index is 6.04. The molecule has 120 valence electrons. The van der Waals surface area contributed by atoms with E-state index in [1.165, 1.54) is 0 Å². The van der Waals surface area contributed by atoms with Crippen LogP contribution in [0.3, 0.4) is 0 Å². The largest absolute Gasteiger partial charge is 0.510 e. The van der Waals surface area contributed by atoms with Crippen molar-refractivity contribution in [2.45, 2.75) is 66.3 Å². The summed E-state index contributed by atoms with van der Waals surface area (Å²) in [5, 5.41) is 0. The number of nitrogens with zero attached hydrogens (tertiary/aromatic N) is 1. The summed E-state index contributed by atoms with van der Waals surface area (Å²) in [7, 11) is -2.69. The van der Waals surface area contributed by atoms with Gasteiger partial charge in [-0.1, -0.05) is 20.3 Å². The number of hydrogen-bond donors (Lipinski definition) is 0. The second-order valence-electron chi connectivity index (χ2n) is 4.77. The third kappa shape index (κ3) is 6.04. The molecule has 0 saturated heterocycles. The monoisotopic (exact) mass is 303 g/mol. The summed E-state index contributed by atoms with van der Waals surface area (Å²) < 4.78 is 18.1. The van der Waals surface area contributed by atoms with E-state index in [4.69, 9.17) is 13.3 Å². The molecule has 0 heterocycles. The van der Waals surface area contributed by atoms with Gasteiger partial charge in [-0.05, 0) is 40.5 Å². The molecular weight excluding hydrogens is 270 g/mol. The number of hydrogen-bond acceptors (Lipinski definition) is 4. The molecule has 0 rings (SSSR count). The summed E-state index contributed by atoms with van der Waals surface area (Å²) in [6, 6.07) is 0. The fourth-order valence-electron chi connectivity index (χ4n) is 2.36. The van der Waals surface area contributed by atoms with Crippen LogP contribution in [0, 0.1) is 0 Å². The Kier molecular flexibility index (Phi) is 11.3. The van der Waals surface area contributed by atoms with Gasteiger partial charge in [0.2, 0.25) is 0 Å². The van der Waals surface area contributed by atoms with Crippen molar-refractivity contribution < 1.29 is 13.3 Å². The zero-order valence-corrected chi connectivity index (χ0v) is 15.2. The fraction of sp³-hybridized carbons (Fsp3) is 0.933. The molecule has 0 radical (unpaired) electrons. The number of aliphatic imine (C=N–C) groups is 1. The predicted molar refractivity (Wildman–Crippen MR) is 87.6 cm³/mol. The molecule has 1 atom stereocenters. The first-order valence-corrected chi connectivity index (χ1v) is 9.84. The highest BCUT2D eigenvalue weighted by atomic mass is 28.4. The van der Waals surface area contributed by atoms with Crippen molar-refractivity contribution in [1.82, 2.24) is 0 Å². The molecule has 0 aromatic carbocycles. The van der Waals surface area contributed by atoms with E-state index in [1.807, 2.05) is 20.8 Å². The normalized spacial score (nSPS) is 14.6. The van der Waals surface area contributed by atoms with E-state index >= 15 is 0 Å². The van der Waals surface area contributed by atoms with E-state index in [-0.39, 0.29) is 5.54 Å². The van der Waals surface area contributed by atoms with Gasteiger partial charge in [-0.15, -0.1) is 0 Å². The minimum absolute atomic E-state index is 0.180. The van der Waals surface area contributed by atoms with Gasteiger partial charge < -0.3 is 13.3 Å². The molecule has 0 bridgehead atoms. The summed E-state index contributed by atoms with van der Waals surface area (Å²) >= 11 is 0. The van der Waals surface area contributed by atoms with Crippen LogP contribution in [0.2, 0.25) is 5.54 Å². The summed E-state index contributed by atoms with van der Waals surface area (Å²) in [4.78, 5) is 4.69. The second-order valence-corrected chi connectivity index (χ2v) is 7.54. The molecule has 0 aromatic heterocycles. The number of rotatable bonds is 12. The van der Waals surface area contributed by atoms with Gasteiger partial charge in [0, 0.05) is 32.1 Å². The zero-order chi connectivity index (χ0) is 15.4. The van der Waals surface area contributed by atoms with E-state index in [9.17, 15) is 0 Å². The van der Waals surface area contributed by atoms with Crippen molar-refractivity contribution in [3.63, 3.8) is 0 Å². The molecule has 0 aliphatic rings. The van der Waals surface area contributed by atoms with Crippen LogP contribution in [0.5, 0.6) is 0 Å². The lowest BCUT2D eigenvalue weighted by Crippen LogP contribution is -2.52. The van der Waals surface area contributed by atoms with E-state index in [0.717, 1.165) is 31.5 Å². The Labute approximate surface area is 126 Å². The maximum absolute atomic E-state index is 6.04. The highest BCUT2D eigenvalue weighted by Crippen LogP contribution is 2.32. The van der Waals surface area contributed by atoms with Crippen LogP contribution in [-0.4, -0.2) is 40.9 Å². The highest BCUT2D eigenvalue weighted by molar-refractivity contribution is 6.66. The Morgan fingerprint density at radius 2 is 1.40 bits per heavy atom. The topological polar surface area (TPSA) is 40.0 Å². The van der Waals surface area contributed by atoms with Crippen LogP contribution in [-0.2, 0) is 13.3 Å². The van der Waals surface area contributed by atoms with Crippen LogP contribution in [0.4, 0.5) is 0 Å². The van der Waals surface area contributed by atoms with Crippen molar-refractivity contribution in [2.75, 3.05) is 26.4 Å². The summed E-state index contributed by atoms with van der Waals surface area (Å²) in [6.07, 6.45) is 3.14. The molecular formula is C15H33NO3Si. The summed E-state index contributed by atoms with van der Waals surface area (Å²) in [5.41, 5.74) is 1.30. The van der Waals surface area contributed by atoms with Gasteiger partial charge >= 0.3 is 8.80 Å². The van der Waals surface area contributed by atoms with Gasteiger partial charge in [0.15, 0.2) is 0 Å². The predicted octanol–water partition coefficient (Wildman–Crippen LogP) is 4.08. The molecule has 0 aliphatic carbocycles. The first kappa shape index (κ1) is 19.8. The summed E-state index contributed by atoms with van der Waals surface area (Å²) in [6.45, 7) is 15.1.